The van der Waals surface area contributed by atoms with Gasteiger partial charge in [0, 0.05) is 40.4 Å². The number of ether oxygens (including phenoxy) is 2. The molecule has 1 unspecified atom stereocenters. The number of methoxy groups -OCH3 is 1. The second-order valence-corrected chi connectivity index (χ2v) is 8.80. The Bertz CT molecular complexity index is 981. The zero-order valence-corrected chi connectivity index (χ0v) is 21.9. The van der Waals surface area contributed by atoms with Crippen molar-refractivity contribution in [2.75, 3.05) is 77.4 Å². The summed E-state index contributed by atoms with van der Waals surface area (Å²) >= 11 is 0. The largest absolute Gasteiger partial charge is 0.490 e. The second kappa shape index (κ2) is 14.3. The van der Waals surface area contributed by atoms with Crippen molar-refractivity contribution in [1.29, 1.82) is 0 Å². The number of halogens is 6. The number of nitrogens with zero attached hydrogens (tertiary/aromatic N) is 5. The maximum Gasteiger partial charge on any atom is 0.490 e. The van der Waals surface area contributed by atoms with E-state index < -0.39 is 24.3 Å². The Kier molecular flexibility index (Phi) is 12.3. The highest BCUT2D eigenvalue weighted by Crippen LogP contribution is 2.33. The number of carbonyl (C=O) groups excluding carboxylic acids is 1. The van der Waals surface area contributed by atoms with E-state index in [0.717, 1.165) is 31.3 Å². The van der Waals surface area contributed by atoms with Crippen molar-refractivity contribution >= 4 is 29.5 Å². The molecule has 13 nitrogen and oxygen atoms in total. The minimum absolute atomic E-state index is 0.0120. The van der Waals surface area contributed by atoms with Crippen LogP contribution in [0.2, 0.25) is 0 Å². The van der Waals surface area contributed by atoms with Gasteiger partial charge in [0.25, 0.3) is 0 Å². The fourth-order valence-electron chi connectivity index (χ4n) is 3.42. The Hall–Kier alpha value is -3.45. The third kappa shape index (κ3) is 10.6. The number of aromatic nitrogens is 2. The number of rotatable bonds is 6. The molecule has 3 N–H and O–H groups in total. The van der Waals surface area contributed by atoms with Gasteiger partial charge in [0.05, 0.1) is 26.3 Å². The first kappa shape index (κ1) is 34.6. The summed E-state index contributed by atoms with van der Waals surface area (Å²) in [6.07, 6.45) is -8.58. The van der Waals surface area contributed by atoms with E-state index in [0.29, 0.717) is 19.8 Å². The molecule has 1 amide bonds. The smallest absolute Gasteiger partial charge is 0.475 e. The van der Waals surface area contributed by atoms with E-state index in [4.69, 9.17) is 29.3 Å². The molecule has 0 radical (unpaired) electrons. The number of morpholine rings is 1. The summed E-state index contributed by atoms with van der Waals surface area (Å²) in [7, 11) is 7.51. The normalized spacial score (nSPS) is 18.4. The molecule has 2 saturated heterocycles. The summed E-state index contributed by atoms with van der Waals surface area (Å²) in [4.78, 5) is 44.9. The van der Waals surface area contributed by atoms with Crippen LogP contribution in [-0.4, -0.2) is 135 Å². The van der Waals surface area contributed by atoms with Crippen LogP contribution in [0.5, 0.6) is 0 Å². The third-order valence-electron chi connectivity index (χ3n) is 5.39. The van der Waals surface area contributed by atoms with Crippen molar-refractivity contribution in [3.8, 4) is 0 Å². The number of likely N-dealkylation sites (N-methyl/N-ethyl adjacent to an activating group) is 1. The van der Waals surface area contributed by atoms with Crippen molar-refractivity contribution in [3.63, 3.8) is 0 Å². The van der Waals surface area contributed by atoms with Crippen LogP contribution >= 0.6 is 0 Å². The van der Waals surface area contributed by atoms with Crippen LogP contribution in [0, 0.1) is 0 Å². The highest BCUT2D eigenvalue weighted by molar-refractivity contribution is 5.82. The number of amides is 1. The number of nitrogens with one attached hydrogen (secondary N) is 1. The van der Waals surface area contributed by atoms with Crippen LogP contribution < -0.4 is 15.1 Å². The number of alkyl halides is 6. The standard InChI is InChI=1S/C17H28N6O3.2C2HF3O2/c1-21(2)14-7-15(20-12-19-14)23-10-17(11-23)9-22(3)13(8-26-17)16(24)18-5-6-25-4;2*3-2(4,5)1(6)7/h7,12-13H,5-6,8-11H2,1-4H3,(H,18,24);2*(H,6,7). The number of carboxylic acid groups (broad SMARTS) is 2. The molecule has 2 fully saturated rings. The molecular weight excluding hydrogens is 562 g/mol. The first-order valence-corrected chi connectivity index (χ1v) is 11.3. The van der Waals surface area contributed by atoms with Crippen LogP contribution in [-0.2, 0) is 23.9 Å². The van der Waals surface area contributed by atoms with Gasteiger partial charge in [0.1, 0.15) is 29.6 Å². The molecule has 40 heavy (non-hydrogen) atoms. The van der Waals surface area contributed by atoms with Gasteiger partial charge in [-0.2, -0.15) is 26.3 Å². The number of carbonyl (C=O) groups is 3. The molecule has 228 valence electrons. The van der Waals surface area contributed by atoms with E-state index in [-0.39, 0.29) is 17.6 Å². The van der Waals surface area contributed by atoms with Gasteiger partial charge in [0.2, 0.25) is 5.91 Å². The van der Waals surface area contributed by atoms with E-state index in [1.165, 1.54) is 0 Å². The molecule has 0 aromatic carbocycles. The molecule has 2 aliphatic rings. The lowest BCUT2D eigenvalue weighted by atomic mass is 9.90. The lowest BCUT2D eigenvalue weighted by Crippen LogP contribution is -2.72. The van der Waals surface area contributed by atoms with Gasteiger partial charge in [-0.3, -0.25) is 9.69 Å². The minimum Gasteiger partial charge on any atom is -0.475 e. The molecule has 0 aliphatic carbocycles. The lowest BCUT2D eigenvalue weighted by Gasteiger charge is -2.55. The van der Waals surface area contributed by atoms with Crippen molar-refractivity contribution in [2.24, 2.45) is 0 Å². The average molecular weight is 592 g/mol. The number of carboxylic acids is 2. The topological polar surface area (TPSA) is 158 Å². The van der Waals surface area contributed by atoms with E-state index in [9.17, 15) is 31.1 Å². The van der Waals surface area contributed by atoms with E-state index in [2.05, 4.69) is 25.1 Å². The average Bonchev–Trinajstić information content (AvgIpc) is 2.82. The summed E-state index contributed by atoms with van der Waals surface area (Å²) < 4.78 is 74.5. The van der Waals surface area contributed by atoms with Gasteiger partial charge < -0.3 is 34.8 Å². The third-order valence-corrected chi connectivity index (χ3v) is 5.39. The lowest BCUT2D eigenvalue weighted by molar-refractivity contribution is -0.193. The summed E-state index contributed by atoms with van der Waals surface area (Å²) in [5.74, 6) is -3.74. The summed E-state index contributed by atoms with van der Waals surface area (Å²) in [6.45, 7) is 3.67. The summed E-state index contributed by atoms with van der Waals surface area (Å²) in [5, 5.41) is 17.1. The molecule has 1 atom stereocenters. The summed E-state index contributed by atoms with van der Waals surface area (Å²) in [5.41, 5.74) is -0.235. The zero-order valence-electron chi connectivity index (χ0n) is 21.9. The predicted molar refractivity (Wildman–Crippen MR) is 126 cm³/mol. The molecule has 3 rings (SSSR count). The Morgan fingerprint density at radius 2 is 1.62 bits per heavy atom. The number of hydrogen-bond acceptors (Lipinski definition) is 10. The van der Waals surface area contributed by atoms with Gasteiger partial charge >= 0.3 is 24.3 Å². The fourth-order valence-corrected chi connectivity index (χ4v) is 3.42. The first-order valence-electron chi connectivity index (χ1n) is 11.3. The molecule has 2 aliphatic heterocycles. The highest BCUT2D eigenvalue weighted by Gasteiger charge is 2.50. The van der Waals surface area contributed by atoms with E-state index in [1.54, 1.807) is 13.4 Å². The van der Waals surface area contributed by atoms with Crippen molar-refractivity contribution in [2.45, 2.75) is 24.0 Å². The minimum atomic E-state index is -5.08. The van der Waals surface area contributed by atoms with Gasteiger partial charge in [-0.05, 0) is 7.05 Å². The number of hydrogen-bond donors (Lipinski definition) is 3. The summed E-state index contributed by atoms with van der Waals surface area (Å²) in [6, 6.07) is 1.72. The van der Waals surface area contributed by atoms with Crippen molar-refractivity contribution < 1.29 is 60.4 Å². The Balaban J connectivity index is 0.000000473. The molecule has 19 heteroatoms. The van der Waals surface area contributed by atoms with E-state index >= 15 is 0 Å². The Morgan fingerprint density at radius 1 is 1.10 bits per heavy atom. The van der Waals surface area contributed by atoms with Crippen molar-refractivity contribution in [1.82, 2.24) is 20.2 Å². The second-order valence-electron chi connectivity index (χ2n) is 8.80. The molecule has 1 spiro atoms. The van der Waals surface area contributed by atoms with Crippen LogP contribution in [0.1, 0.15) is 0 Å². The van der Waals surface area contributed by atoms with Crippen LogP contribution in [0.15, 0.2) is 12.4 Å². The maximum absolute atomic E-state index is 12.3. The number of anilines is 2. The van der Waals surface area contributed by atoms with Crippen molar-refractivity contribution in [3.05, 3.63) is 12.4 Å². The molecule has 3 heterocycles. The van der Waals surface area contributed by atoms with Crippen LogP contribution in [0.4, 0.5) is 38.0 Å². The quantitative estimate of drug-likeness (QED) is 0.310. The zero-order chi connectivity index (χ0) is 30.9. The molecule has 1 aromatic heterocycles. The molecular formula is C21H30F6N6O7. The van der Waals surface area contributed by atoms with Crippen LogP contribution in [0.25, 0.3) is 0 Å². The van der Waals surface area contributed by atoms with Gasteiger partial charge in [-0.15, -0.1) is 0 Å². The Morgan fingerprint density at radius 3 is 2.05 bits per heavy atom. The molecule has 1 aromatic rings. The van der Waals surface area contributed by atoms with Gasteiger partial charge in [-0.25, -0.2) is 19.6 Å². The molecule has 0 saturated carbocycles. The number of aliphatic carboxylic acids is 2. The Labute approximate surface area is 224 Å². The fraction of sp³-hybridized carbons (Fsp3) is 0.667. The van der Waals surface area contributed by atoms with Crippen LogP contribution in [0.3, 0.4) is 0 Å². The van der Waals surface area contributed by atoms with E-state index in [1.807, 2.05) is 32.1 Å². The van der Waals surface area contributed by atoms with Gasteiger partial charge in [0.15, 0.2) is 0 Å². The SMILES string of the molecule is COCCNC(=O)C1COC2(CN(c3cc(N(C)C)ncn3)C2)CN1C.O=C(O)C(F)(F)F.O=C(O)C(F)(F)F. The first-order chi connectivity index (χ1) is 18.3. The monoisotopic (exact) mass is 592 g/mol. The highest BCUT2D eigenvalue weighted by atomic mass is 19.4. The van der Waals surface area contributed by atoms with Gasteiger partial charge in [-0.1, -0.05) is 0 Å². The maximum atomic E-state index is 12.3. The predicted octanol–water partition coefficient (Wildman–Crippen LogP) is 0.461. The molecule has 0 bridgehead atoms.